The van der Waals surface area contributed by atoms with Crippen LogP contribution in [0.1, 0.15) is 71.1 Å². The molecule has 3 nitrogen and oxygen atoms in total. The molecule has 0 heterocycles. The molecule has 1 N–H and O–H groups in total. The van der Waals surface area contributed by atoms with Gasteiger partial charge in [0.1, 0.15) is 0 Å². The van der Waals surface area contributed by atoms with Crippen LogP contribution in [0, 0.1) is 5.92 Å². The molecule has 2 saturated carbocycles. The Morgan fingerprint density at radius 2 is 1.45 bits per heavy atom. The first-order valence-corrected chi connectivity index (χ1v) is 8.70. The third-order valence-corrected chi connectivity index (χ3v) is 5.12. The summed E-state index contributed by atoms with van der Waals surface area (Å²) in [6.45, 7) is 2.88. The minimum atomic E-state index is 0.115. The highest BCUT2D eigenvalue weighted by Crippen LogP contribution is 2.31. The molecule has 1 atom stereocenters. The summed E-state index contributed by atoms with van der Waals surface area (Å²) in [5.41, 5.74) is 0. The van der Waals surface area contributed by atoms with Crippen molar-refractivity contribution in [1.29, 1.82) is 0 Å². The summed E-state index contributed by atoms with van der Waals surface area (Å²) < 4.78 is 0. The number of carbonyl (C=O) groups is 1. The Balaban J connectivity index is 2.07. The predicted octanol–water partition coefficient (Wildman–Crippen LogP) is 3.34. The van der Waals surface area contributed by atoms with E-state index in [0.717, 1.165) is 6.54 Å². The third kappa shape index (κ3) is 3.97. The zero-order valence-electron chi connectivity index (χ0n) is 13.4. The van der Waals surface area contributed by atoms with E-state index in [9.17, 15) is 4.79 Å². The van der Waals surface area contributed by atoms with Gasteiger partial charge in [0.05, 0.1) is 0 Å². The van der Waals surface area contributed by atoms with E-state index in [1.54, 1.807) is 0 Å². The first kappa shape index (κ1) is 15.8. The van der Waals surface area contributed by atoms with Gasteiger partial charge in [-0.3, -0.25) is 4.79 Å². The van der Waals surface area contributed by atoms with Crippen LogP contribution < -0.4 is 5.32 Å². The minimum Gasteiger partial charge on any atom is -0.336 e. The molecule has 0 radical (unpaired) electrons. The number of nitrogens with zero attached hydrogens (tertiary/aromatic N) is 1. The molecule has 0 aromatic carbocycles. The first-order valence-electron chi connectivity index (χ1n) is 8.70. The van der Waals surface area contributed by atoms with Crippen molar-refractivity contribution in [2.75, 3.05) is 13.6 Å². The van der Waals surface area contributed by atoms with Gasteiger partial charge in [0.25, 0.3) is 0 Å². The second-order valence-corrected chi connectivity index (χ2v) is 6.79. The van der Waals surface area contributed by atoms with Crippen LogP contribution in [-0.4, -0.2) is 36.5 Å². The molecule has 116 valence electrons. The van der Waals surface area contributed by atoms with E-state index in [0.29, 0.717) is 18.0 Å². The molecule has 0 aromatic rings. The fourth-order valence-electron chi connectivity index (χ4n) is 4.02. The Morgan fingerprint density at radius 3 is 1.85 bits per heavy atom. The van der Waals surface area contributed by atoms with Gasteiger partial charge in [0, 0.05) is 24.5 Å². The molecule has 20 heavy (non-hydrogen) atoms. The lowest BCUT2D eigenvalue weighted by Crippen LogP contribution is -2.51. The zero-order chi connectivity index (χ0) is 14.4. The Kier molecular flexibility index (Phi) is 6.34. The van der Waals surface area contributed by atoms with E-state index in [-0.39, 0.29) is 5.92 Å². The average Bonchev–Trinajstić information content (AvgIpc) is 2.50. The van der Waals surface area contributed by atoms with Crippen molar-refractivity contribution in [2.24, 2.45) is 5.92 Å². The molecule has 2 rings (SSSR count). The molecule has 0 bridgehead atoms. The molecule has 2 fully saturated rings. The number of amides is 1. The maximum atomic E-state index is 12.9. The van der Waals surface area contributed by atoms with Gasteiger partial charge in [-0.2, -0.15) is 0 Å². The van der Waals surface area contributed by atoms with Crippen LogP contribution in [0.4, 0.5) is 0 Å². The van der Waals surface area contributed by atoms with Gasteiger partial charge in [-0.05, 0) is 32.7 Å². The second kappa shape index (κ2) is 8.02. The van der Waals surface area contributed by atoms with Crippen molar-refractivity contribution < 1.29 is 4.79 Å². The summed E-state index contributed by atoms with van der Waals surface area (Å²) in [5.74, 6) is 0.516. The molecule has 2 aliphatic rings. The van der Waals surface area contributed by atoms with Crippen molar-refractivity contribution in [2.45, 2.75) is 83.2 Å². The van der Waals surface area contributed by atoms with Crippen LogP contribution in [0.2, 0.25) is 0 Å². The summed E-state index contributed by atoms with van der Waals surface area (Å²) in [6.07, 6.45) is 12.9. The Morgan fingerprint density at radius 1 is 1.00 bits per heavy atom. The second-order valence-electron chi connectivity index (χ2n) is 6.79. The summed E-state index contributed by atoms with van der Waals surface area (Å²) >= 11 is 0. The van der Waals surface area contributed by atoms with Crippen LogP contribution in [0.5, 0.6) is 0 Å². The zero-order valence-corrected chi connectivity index (χ0v) is 13.4. The standard InChI is InChI=1S/C17H32N2O/c1-14(13-18-2)17(20)19(15-9-5-3-6-10-15)16-11-7-4-8-12-16/h14-16,18H,3-13H2,1-2H3. The van der Waals surface area contributed by atoms with Gasteiger partial charge < -0.3 is 10.2 Å². The number of carbonyl (C=O) groups excluding carboxylic acids is 1. The van der Waals surface area contributed by atoms with Crippen LogP contribution in [0.25, 0.3) is 0 Å². The molecular formula is C17H32N2O. The van der Waals surface area contributed by atoms with Crippen LogP contribution in [0.15, 0.2) is 0 Å². The molecule has 0 aromatic heterocycles. The Hall–Kier alpha value is -0.570. The maximum absolute atomic E-state index is 12.9. The van der Waals surface area contributed by atoms with Crippen LogP contribution in [0.3, 0.4) is 0 Å². The highest BCUT2D eigenvalue weighted by Gasteiger charge is 2.34. The van der Waals surface area contributed by atoms with Crippen molar-refractivity contribution in [3.8, 4) is 0 Å². The SMILES string of the molecule is CNCC(C)C(=O)N(C1CCCCC1)C1CCCCC1. The normalized spacial score (nSPS) is 23.5. The van der Waals surface area contributed by atoms with E-state index < -0.39 is 0 Å². The molecule has 1 unspecified atom stereocenters. The maximum Gasteiger partial charge on any atom is 0.227 e. The van der Waals surface area contributed by atoms with Crippen molar-refractivity contribution in [3.05, 3.63) is 0 Å². The lowest BCUT2D eigenvalue weighted by molar-refractivity contribution is -0.141. The lowest BCUT2D eigenvalue weighted by atomic mass is 9.87. The molecule has 0 spiro atoms. The van der Waals surface area contributed by atoms with Gasteiger partial charge in [0.15, 0.2) is 0 Å². The van der Waals surface area contributed by atoms with E-state index >= 15 is 0 Å². The molecule has 3 heteroatoms. The van der Waals surface area contributed by atoms with Crippen LogP contribution >= 0.6 is 0 Å². The smallest absolute Gasteiger partial charge is 0.227 e. The topological polar surface area (TPSA) is 32.3 Å². The number of rotatable bonds is 5. The predicted molar refractivity (Wildman–Crippen MR) is 83.7 cm³/mol. The van der Waals surface area contributed by atoms with Gasteiger partial charge in [0.2, 0.25) is 5.91 Å². The molecule has 0 aliphatic heterocycles. The molecule has 0 saturated heterocycles. The lowest BCUT2D eigenvalue weighted by Gasteiger charge is -2.43. The van der Waals surface area contributed by atoms with Gasteiger partial charge >= 0.3 is 0 Å². The first-order chi connectivity index (χ1) is 9.74. The van der Waals surface area contributed by atoms with Crippen molar-refractivity contribution in [1.82, 2.24) is 10.2 Å². The quantitative estimate of drug-likeness (QED) is 0.837. The molecular weight excluding hydrogens is 248 g/mol. The van der Waals surface area contributed by atoms with Crippen molar-refractivity contribution in [3.63, 3.8) is 0 Å². The Labute approximate surface area is 124 Å². The van der Waals surface area contributed by atoms with E-state index in [1.807, 2.05) is 7.05 Å². The summed E-state index contributed by atoms with van der Waals surface area (Å²) in [5, 5.41) is 3.16. The van der Waals surface area contributed by atoms with Gasteiger partial charge in [-0.1, -0.05) is 45.4 Å². The molecule has 1 amide bonds. The summed E-state index contributed by atoms with van der Waals surface area (Å²) in [4.78, 5) is 15.3. The van der Waals surface area contributed by atoms with Gasteiger partial charge in [-0.15, -0.1) is 0 Å². The van der Waals surface area contributed by atoms with Gasteiger partial charge in [-0.25, -0.2) is 0 Å². The average molecular weight is 280 g/mol. The minimum absolute atomic E-state index is 0.115. The fraction of sp³-hybridized carbons (Fsp3) is 0.941. The number of hydrogen-bond donors (Lipinski definition) is 1. The highest BCUT2D eigenvalue weighted by molar-refractivity contribution is 5.79. The monoisotopic (exact) mass is 280 g/mol. The largest absolute Gasteiger partial charge is 0.336 e. The van der Waals surface area contributed by atoms with Crippen molar-refractivity contribution >= 4 is 5.91 Å². The third-order valence-electron chi connectivity index (χ3n) is 5.12. The summed E-state index contributed by atoms with van der Waals surface area (Å²) in [7, 11) is 1.94. The van der Waals surface area contributed by atoms with E-state index in [2.05, 4.69) is 17.1 Å². The van der Waals surface area contributed by atoms with E-state index in [4.69, 9.17) is 0 Å². The van der Waals surface area contributed by atoms with E-state index in [1.165, 1.54) is 64.2 Å². The number of nitrogens with one attached hydrogen (secondary N) is 1. The summed E-state index contributed by atoms with van der Waals surface area (Å²) in [6, 6.07) is 1.05. The molecule has 2 aliphatic carbocycles. The number of hydrogen-bond acceptors (Lipinski definition) is 2. The highest BCUT2D eigenvalue weighted by atomic mass is 16.2. The fourth-order valence-corrected chi connectivity index (χ4v) is 4.02. The Bertz CT molecular complexity index is 275. The van der Waals surface area contributed by atoms with Crippen LogP contribution in [-0.2, 0) is 4.79 Å².